The molecule has 4 aromatic rings. The van der Waals surface area contributed by atoms with Crippen molar-refractivity contribution in [1.29, 1.82) is 0 Å². The van der Waals surface area contributed by atoms with Crippen molar-refractivity contribution in [2.45, 2.75) is 36.5 Å². The Bertz CT molecular complexity index is 1130. The van der Waals surface area contributed by atoms with Gasteiger partial charge in [0, 0.05) is 17.8 Å². The van der Waals surface area contributed by atoms with Gasteiger partial charge in [0.1, 0.15) is 22.5 Å². The number of fused-ring (bicyclic) bond motifs is 3. The third-order valence-corrected chi connectivity index (χ3v) is 6.15. The zero-order valence-electron chi connectivity index (χ0n) is 16.5. The van der Waals surface area contributed by atoms with Crippen LogP contribution in [0, 0.1) is 0 Å². The van der Waals surface area contributed by atoms with E-state index in [4.69, 9.17) is 4.42 Å². The predicted octanol–water partition coefficient (Wildman–Crippen LogP) is 5.17. The van der Waals surface area contributed by atoms with Crippen molar-refractivity contribution in [1.82, 2.24) is 15.3 Å². The minimum Gasteiger partial charge on any atom is -0.451 e. The SMILES string of the molecule is CC[C@H](CNC(=O)[C@H](C)Sc1ncnc2c1oc1ccccc12)c1ccccc1. The first kappa shape index (κ1) is 19.5. The molecule has 29 heavy (non-hydrogen) atoms. The molecule has 0 unspecified atom stereocenters. The van der Waals surface area contributed by atoms with E-state index in [0.717, 1.165) is 22.9 Å². The molecule has 0 aliphatic heterocycles. The smallest absolute Gasteiger partial charge is 0.233 e. The number of hydrogen-bond acceptors (Lipinski definition) is 5. The van der Waals surface area contributed by atoms with Gasteiger partial charge in [-0.15, -0.1) is 0 Å². The molecule has 5 nitrogen and oxygen atoms in total. The average Bonchev–Trinajstić information content (AvgIpc) is 3.14. The number of nitrogens with one attached hydrogen (secondary N) is 1. The first-order valence-electron chi connectivity index (χ1n) is 9.79. The summed E-state index contributed by atoms with van der Waals surface area (Å²) in [5.74, 6) is 0.297. The van der Waals surface area contributed by atoms with E-state index < -0.39 is 0 Å². The molecule has 2 aromatic heterocycles. The van der Waals surface area contributed by atoms with Crippen LogP contribution < -0.4 is 5.32 Å². The van der Waals surface area contributed by atoms with Crippen LogP contribution in [0.25, 0.3) is 22.1 Å². The summed E-state index contributed by atoms with van der Waals surface area (Å²) in [6.45, 7) is 4.65. The number of carbonyl (C=O) groups is 1. The van der Waals surface area contributed by atoms with Crippen LogP contribution in [0.15, 0.2) is 70.4 Å². The Balaban J connectivity index is 1.46. The first-order chi connectivity index (χ1) is 14.2. The van der Waals surface area contributed by atoms with Crippen molar-refractivity contribution >= 4 is 39.7 Å². The summed E-state index contributed by atoms with van der Waals surface area (Å²) in [5.41, 5.74) is 3.43. The van der Waals surface area contributed by atoms with Crippen molar-refractivity contribution in [3.63, 3.8) is 0 Å². The lowest BCUT2D eigenvalue weighted by Gasteiger charge is -2.18. The fourth-order valence-electron chi connectivity index (χ4n) is 3.40. The lowest BCUT2D eigenvalue weighted by atomic mass is 9.96. The van der Waals surface area contributed by atoms with Gasteiger partial charge in [-0.1, -0.05) is 61.2 Å². The van der Waals surface area contributed by atoms with E-state index >= 15 is 0 Å². The van der Waals surface area contributed by atoms with Crippen molar-refractivity contribution in [3.05, 3.63) is 66.5 Å². The summed E-state index contributed by atoms with van der Waals surface area (Å²) >= 11 is 1.39. The standard InChI is InChI=1S/C23H23N3O2S/c1-3-16(17-9-5-4-6-10-17)13-24-22(27)15(2)29-23-21-20(25-14-26-23)18-11-7-8-12-19(18)28-21/h4-12,14-16H,3,13H2,1-2H3,(H,24,27)/t15-,16+/m0/s1. The number of nitrogens with zero attached hydrogens (tertiary/aromatic N) is 2. The number of para-hydroxylation sites is 1. The molecule has 0 saturated carbocycles. The number of thioether (sulfide) groups is 1. The van der Waals surface area contributed by atoms with Crippen molar-refractivity contribution in [3.8, 4) is 0 Å². The van der Waals surface area contributed by atoms with Gasteiger partial charge in [0.25, 0.3) is 0 Å². The monoisotopic (exact) mass is 405 g/mol. The van der Waals surface area contributed by atoms with Crippen LogP contribution in [0.4, 0.5) is 0 Å². The van der Waals surface area contributed by atoms with Crippen LogP contribution in [-0.4, -0.2) is 27.7 Å². The minimum atomic E-state index is -0.297. The average molecular weight is 406 g/mol. The van der Waals surface area contributed by atoms with E-state index in [1.807, 2.05) is 49.4 Å². The van der Waals surface area contributed by atoms with E-state index in [9.17, 15) is 4.79 Å². The zero-order chi connectivity index (χ0) is 20.2. The molecule has 6 heteroatoms. The van der Waals surface area contributed by atoms with Gasteiger partial charge >= 0.3 is 0 Å². The molecule has 1 N–H and O–H groups in total. The molecule has 148 valence electrons. The number of aromatic nitrogens is 2. The fraction of sp³-hybridized carbons (Fsp3) is 0.261. The summed E-state index contributed by atoms with van der Waals surface area (Å²) in [4.78, 5) is 21.4. The highest BCUT2D eigenvalue weighted by Gasteiger charge is 2.20. The summed E-state index contributed by atoms with van der Waals surface area (Å²) < 4.78 is 5.96. The molecule has 0 fully saturated rings. The van der Waals surface area contributed by atoms with E-state index in [0.29, 0.717) is 23.1 Å². The van der Waals surface area contributed by atoms with Crippen LogP contribution in [0.5, 0.6) is 0 Å². The third-order valence-electron chi connectivity index (χ3n) is 5.07. The summed E-state index contributed by atoms with van der Waals surface area (Å²) in [7, 11) is 0. The maximum atomic E-state index is 12.7. The molecule has 2 heterocycles. The minimum absolute atomic E-state index is 0.00717. The molecule has 0 aliphatic carbocycles. The summed E-state index contributed by atoms with van der Waals surface area (Å²) in [6, 6.07) is 18.1. The largest absolute Gasteiger partial charge is 0.451 e. The van der Waals surface area contributed by atoms with E-state index in [1.165, 1.54) is 23.7 Å². The summed E-state index contributed by atoms with van der Waals surface area (Å²) in [6.07, 6.45) is 2.50. The number of carbonyl (C=O) groups excluding carboxylic acids is 1. The highest BCUT2D eigenvalue weighted by Crippen LogP contribution is 2.34. The van der Waals surface area contributed by atoms with E-state index in [-0.39, 0.29) is 11.2 Å². The Morgan fingerprint density at radius 3 is 2.66 bits per heavy atom. The first-order valence-corrected chi connectivity index (χ1v) is 10.7. The second kappa shape index (κ2) is 8.66. The molecular weight excluding hydrogens is 382 g/mol. The van der Waals surface area contributed by atoms with Gasteiger partial charge in [0.15, 0.2) is 5.58 Å². The van der Waals surface area contributed by atoms with E-state index in [2.05, 4.69) is 34.3 Å². The van der Waals surface area contributed by atoms with Crippen LogP contribution in [-0.2, 0) is 4.79 Å². The fourth-order valence-corrected chi connectivity index (χ4v) is 4.28. The molecule has 2 aromatic carbocycles. The second-order valence-electron chi connectivity index (χ2n) is 6.98. The molecule has 0 spiro atoms. The van der Waals surface area contributed by atoms with Crippen LogP contribution >= 0.6 is 11.8 Å². The van der Waals surface area contributed by atoms with Gasteiger partial charge in [0.05, 0.1) is 5.25 Å². The lowest BCUT2D eigenvalue weighted by Crippen LogP contribution is -2.34. The lowest BCUT2D eigenvalue weighted by molar-refractivity contribution is -0.120. The Labute approximate surface area is 173 Å². The van der Waals surface area contributed by atoms with Crippen molar-refractivity contribution in [2.24, 2.45) is 0 Å². The molecule has 0 aliphatic rings. The van der Waals surface area contributed by atoms with E-state index in [1.54, 1.807) is 0 Å². The van der Waals surface area contributed by atoms with Crippen LogP contribution in [0.1, 0.15) is 31.7 Å². The maximum Gasteiger partial charge on any atom is 0.233 e. The molecular formula is C23H23N3O2S. The van der Waals surface area contributed by atoms with Gasteiger partial charge in [-0.3, -0.25) is 4.79 Å². The highest BCUT2D eigenvalue weighted by atomic mass is 32.2. The third kappa shape index (κ3) is 4.12. The number of furan rings is 1. The second-order valence-corrected chi connectivity index (χ2v) is 8.31. The van der Waals surface area contributed by atoms with Gasteiger partial charge in [-0.2, -0.15) is 0 Å². The van der Waals surface area contributed by atoms with Crippen molar-refractivity contribution in [2.75, 3.05) is 6.54 Å². The summed E-state index contributed by atoms with van der Waals surface area (Å²) in [5, 5.41) is 4.44. The maximum absolute atomic E-state index is 12.7. The number of benzene rings is 2. The van der Waals surface area contributed by atoms with Crippen LogP contribution in [0.2, 0.25) is 0 Å². The van der Waals surface area contributed by atoms with Gasteiger partial charge in [-0.05, 0) is 31.0 Å². The predicted molar refractivity (Wildman–Crippen MR) is 117 cm³/mol. The Morgan fingerprint density at radius 2 is 1.86 bits per heavy atom. The van der Waals surface area contributed by atoms with Gasteiger partial charge in [-0.25, -0.2) is 9.97 Å². The van der Waals surface area contributed by atoms with Gasteiger partial charge in [0.2, 0.25) is 5.91 Å². The molecule has 0 bridgehead atoms. The molecule has 1 amide bonds. The number of amides is 1. The topological polar surface area (TPSA) is 68.0 Å². The molecule has 0 radical (unpaired) electrons. The van der Waals surface area contributed by atoms with Crippen molar-refractivity contribution < 1.29 is 9.21 Å². The Kier molecular flexibility index (Phi) is 5.81. The van der Waals surface area contributed by atoms with Gasteiger partial charge < -0.3 is 9.73 Å². The normalized spacial score (nSPS) is 13.4. The number of hydrogen-bond donors (Lipinski definition) is 1. The molecule has 2 atom stereocenters. The van der Waals surface area contributed by atoms with Crippen LogP contribution in [0.3, 0.4) is 0 Å². The Hall–Kier alpha value is -2.86. The zero-order valence-corrected chi connectivity index (χ0v) is 17.3. The molecule has 4 rings (SSSR count). The molecule has 0 saturated heterocycles. The Morgan fingerprint density at radius 1 is 1.10 bits per heavy atom. The number of rotatable bonds is 7. The highest BCUT2D eigenvalue weighted by molar-refractivity contribution is 8.00. The quantitative estimate of drug-likeness (QED) is 0.339.